The maximum atomic E-state index is 11.6. The van der Waals surface area contributed by atoms with Crippen molar-refractivity contribution in [3.63, 3.8) is 0 Å². The van der Waals surface area contributed by atoms with Crippen LogP contribution in [0, 0.1) is 0 Å². The summed E-state index contributed by atoms with van der Waals surface area (Å²) in [7, 11) is 0. The van der Waals surface area contributed by atoms with E-state index in [1.54, 1.807) is 18.0 Å². The first-order valence-corrected chi connectivity index (χ1v) is 8.67. The third-order valence-corrected chi connectivity index (χ3v) is 5.32. The van der Waals surface area contributed by atoms with Gasteiger partial charge in [-0.3, -0.25) is 4.79 Å². The standard InChI is InChI=1S/C15H16BrN3OS/c1-21-19-6-4-9(5-7-19)13-8-11-12(16)3-2-10(15(17)20)14(11)18-13/h2-4,8,18H,5-7H2,1H3,(H2,17,20). The van der Waals surface area contributed by atoms with Gasteiger partial charge in [0.25, 0.3) is 5.91 Å². The van der Waals surface area contributed by atoms with Crippen LogP contribution in [-0.4, -0.2) is 34.5 Å². The normalized spacial score (nSPS) is 16.2. The number of aromatic amines is 1. The Hall–Kier alpha value is -1.24. The fourth-order valence-electron chi connectivity index (χ4n) is 2.62. The van der Waals surface area contributed by atoms with E-state index >= 15 is 0 Å². The zero-order chi connectivity index (χ0) is 15.0. The molecule has 0 unspecified atom stereocenters. The number of nitrogens with two attached hydrogens (primary N) is 1. The maximum absolute atomic E-state index is 11.6. The lowest BCUT2D eigenvalue weighted by molar-refractivity contribution is 0.100. The first kappa shape index (κ1) is 14.7. The quantitative estimate of drug-likeness (QED) is 0.819. The number of nitrogens with zero attached hydrogens (tertiary/aromatic N) is 1. The van der Waals surface area contributed by atoms with Crippen LogP contribution in [0.4, 0.5) is 0 Å². The van der Waals surface area contributed by atoms with Gasteiger partial charge in [0.2, 0.25) is 0 Å². The highest BCUT2D eigenvalue weighted by Crippen LogP contribution is 2.32. The van der Waals surface area contributed by atoms with Gasteiger partial charge < -0.3 is 10.7 Å². The van der Waals surface area contributed by atoms with Gasteiger partial charge in [-0.25, -0.2) is 4.31 Å². The molecule has 6 heteroatoms. The van der Waals surface area contributed by atoms with Gasteiger partial charge in [-0.15, -0.1) is 0 Å². The Morgan fingerprint density at radius 3 is 2.90 bits per heavy atom. The molecule has 2 heterocycles. The zero-order valence-corrected chi connectivity index (χ0v) is 14.1. The molecule has 110 valence electrons. The highest BCUT2D eigenvalue weighted by atomic mass is 79.9. The molecule has 1 aromatic heterocycles. The molecule has 1 aromatic carbocycles. The van der Waals surface area contributed by atoms with Crippen molar-refractivity contribution < 1.29 is 4.79 Å². The van der Waals surface area contributed by atoms with Gasteiger partial charge in [-0.05, 0) is 36.4 Å². The number of fused-ring (bicyclic) bond motifs is 1. The molecule has 0 atom stereocenters. The lowest BCUT2D eigenvalue weighted by Gasteiger charge is -2.23. The van der Waals surface area contributed by atoms with E-state index in [1.165, 1.54) is 5.57 Å². The number of halogens is 1. The van der Waals surface area contributed by atoms with Crippen molar-refractivity contribution in [3.8, 4) is 0 Å². The lowest BCUT2D eigenvalue weighted by atomic mass is 10.1. The predicted molar refractivity (Wildman–Crippen MR) is 92.2 cm³/mol. The molecule has 4 nitrogen and oxygen atoms in total. The average molecular weight is 366 g/mol. The van der Waals surface area contributed by atoms with Crippen LogP contribution < -0.4 is 5.73 Å². The van der Waals surface area contributed by atoms with Gasteiger partial charge >= 0.3 is 0 Å². The van der Waals surface area contributed by atoms with Gasteiger partial charge in [-0.1, -0.05) is 34.0 Å². The Morgan fingerprint density at radius 1 is 1.48 bits per heavy atom. The molecule has 0 radical (unpaired) electrons. The van der Waals surface area contributed by atoms with Crippen LogP contribution in [-0.2, 0) is 0 Å². The van der Waals surface area contributed by atoms with E-state index in [4.69, 9.17) is 5.73 Å². The van der Waals surface area contributed by atoms with E-state index < -0.39 is 5.91 Å². The highest BCUT2D eigenvalue weighted by Gasteiger charge is 2.17. The van der Waals surface area contributed by atoms with Crippen LogP contribution in [0.5, 0.6) is 0 Å². The summed E-state index contributed by atoms with van der Waals surface area (Å²) in [5.41, 5.74) is 9.15. The smallest absolute Gasteiger partial charge is 0.250 e. The first-order valence-electron chi connectivity index (χ1n) is 6.69. The second-order valence-corrected chi connectivity index (χ2v) is 6.72. The maximum Gasteiger partial charge on any atom is 0.250 e. The highest BCUT2D eigenvalue weighted by molar-refractivity contribution is 9.10. The zero-order valence-electron chi connectivity index (χ0n) is 11.6. The minimum absolute atomic E-state index is 0.410. The Labute approximate surface area is 136 Å². The number of amides is 1. The molecular weight excluding hydrogens is 350 g/mol. The predicted octanol–water partition coefficient (Wildman–Crippen LogP) is 3.40. The number of hydrogen-bond donors (Lipinski definition) is 2. The Balaban J connectivity index is 2.06. The Kier molecular flexibility index (Phi) is 4.10. The lowest BCUT2D eigenvalue weighted by Crippen LogP contribution is -2.21. The second kappa shape index (κ2) is 5.87. The number of H-pyrrole nitrogens is 1. The van der Waals surface area contributed by atoms with Gasteiger partial charge in [0, 0.05) is 28.6 Å². The molecule has 21 heavy (non-hydrogen) atoms. The van der Waals surface area contributed by atoms with Crippen molar-refractivity contribution >= 4 is 50.3 Å². The van der Waals surface area contributed by atoms with Crippen molar-refractivity contribution in [1.82, 2.24) is 9.29 Å². The Bertz CT molecular complexity index is 738. The van der Waals surface area contributed by atoms with Crippen LogP contribution in [0.25, 0.3) is 16.5 Å². The summed E-state index contributed by atoms with van der Waals surface area (Å²) in [4.78, 5) is 14.9. The summed E-state index contributed by atoms with van der Waals surface area (Å²) in [5, 5.41) is 0.995. The number of carbonyl (C=O) groups is 1. The van der Waals surface area contributed by atoms with E-state index in [2.05, 4.69) is 43.6 Å². The van der Waals surface area contributed by atoms with Crippen molar-refractivity contribution in [3.05, 3.63) is 40.0 Å². The summed E-state index contributed by atoms with van der Waals surface area (Å²) in [5.74, 6) is -0.410. The third-order valence-electron chi connectivity index (χ3n) is 3.78. The molecule has 0 saturated carbocycles. The number of aromatic nitrogens is 1. The summed E-state index contributed by atoms with van der Waals surface area (Å²) in [6.07, 6.45) is 5.33. The van der Waals surface area contributed by atoms with Crippen LogP contribution >= 0.6 is 27.9 Å². The van der Waals surface area contributed by atoms with Crippen molar-refractivity contribution in [2.75, 3.05) is 19.3 Å². The third kappa shape index (κ3) is 2.75. The summed E-state index contributed by atoms with van der Waals surface area (Å²) in [6.45, 7) is 1.97. The van der Waals surface area contributed by atoms with Crippen LogP contribution in [0.2, 0.25) is 0 Å². The van der Waals surface area contributed by atoms with E-state index in [9.17, 15) is 4.79 Å². The summed E-state index contributed by atoms with van der Waals surface area (Å²) >= 11 is 5.30. The number of primary amides is 1. The van der Waals surface area contributed by atoms with Gasteiger partial charge in [0.15, 0.2) is 0 Å². The first-order chi connectivity index (χ1) is 10.1. The molecule has 1 aliphatic rings. The molecule has 0 spiro atoms. The van der Waals surface area contributed by atoms with Crippen LogP contribution in [0.1, 0.15) is 22.5 Å². The monoisotopic (exact) mass is 365 g/mol. The number of nitrogens with one attached hydrogen (secondary N) is 1. The number of hydrogen-bond acceptors (Lipinski definition) is 3. The SMILES string of the molecule is CSN1CC=C(c2cc3c(Br)ccc(C(N)=O)c3[nH]2)CC1. The molecule has 1 amide bonds. The van der Waals surface area contributed by atoms with Crippen molar-refractivity contribution in [2.45, 2.75) is 6.42 Å². The van der Waals surface area contributed by atoms with Gasteiger partial charge in [0.1, 0.15) is 0 Å². The largest absolute Gasteiger partial charge is 0.366 e. The molecule has 3 rings (SSSR count). The van der Waals surface area contributed by atoms with E-state index in [-0.39, 0.29) is 0 Å². The summed E-state index contributed by atoms with van der Waals surface area (Å²) < 4.78 is 3.28. The molecule has 0 fully saturated rings. The average Bonchev–Trinajstić information content (AvgIpc) is 2.93. The van der Waals surface area contributed by atoms with Gasteiger partial charge in [0.05, 0.1) is 11.1 Å². The topological polar surface area (TPSA) is 62.1 Å². The van der Waals surface area contributed by atoms with Crippen molar-refractivity contribution in [1.29, 1.82) is 0 Å². The molecule has 1 aliphatic heterocycles. The molecule has 0 saturated heterocycles. The molecule has 0 bridgehead atoms. The molecule has 2 aromatic rings. The molecule has 0 aliphatic carbocycles. The minimum Gasteiger partial charge on any atom is -0.366 e. The molecular formula is C15H16BrN3OS. The van der Waals surface area contributed by atoms with Crippen LogP contribution in [0.15, 0.2) is 28.7 Å². The minimum atomic E-state index is -0.410. The Morgan fingerprint density at radius 2 is 2.29 bits per heavy atom. The van der Waals surface area contributed by atoms with Crippen LogP contribution in [0.3, 0.4) is 0 Å². The number of rotatable bonds is 3. The fourth-order valence-corrected chi connectivity index (χ4v) is 3.57. The van der Waals surface area contributed by atoms with E-state index in [0.29, 0.717) is 5.56 Å². The van der Waals surface area contributed by atoms with Gasteiger partial charge in [-0.2, -0.15) is 0 Å². The van der Waals surface area contributed by atoms with Crippen molar-refractivity contribution in [2.24, 2.45) is 5.73 Å². The number of carbonyl (C=O) groups excluding carboxylic acids is 1. The van der Waals surface area contributed by atoms with E-state index in [0.717, 1.165) is 40.6 Å². The number of benzene rings is 1. The molecule has 3 N–H and O–H groups in total. The summed E-state index contributed by atoms with van der Waals surface area (Å²) in [6, 6.07) is 5.71. The van der Waals surface area contributed by atoms with E-state index in [1.807, 2.05) is 6.07 Å². The fraction of sp³-hybridized carbons (Fsp3) is 0.267. The second-order valence-electron chi connectivity index (χ2n) is 4.98.